The van der Waals surface area contributed by atoms with Gasteiger partial charge in [-0.3, -0.25) is 14.2 Å². The maximum absolute atomic E-state index is 13.2. The Morgan fingerprint density at radius 2 is 1.96 bits per heavy atom. The van der Waals surface area contributed by atoms with Crippen LogP contribution in [0.5, 0.6) is 0 Å². The quantitative estimate of drug-likeness (QED) is 0.574. The van der Waals surface area contributed by atoms with Gasteiger partial charge in [-0.05, 0) is 45.1 Å². The van der Waals surface area contributed by atoms with E-state index >= 15 is 0 Å². The van der Waals surface area contributed by atoms with Gasteiger partial charge in [0.2, 0.25) is 5.91 Å². The summed E-state index contributed by atoms with van der Waals surface area (Å²) in [7, 11) is 0. The van der Waals surface area contributed by atoms with Crippen molar-refractivity contribution in [1.29, 1.82) is 0 Å². The summed E-state index contributed by atoms with van der Waals surface area (Å²) in [5, 5.41) is 4.25. The molecule has 1 amide bonds. The van der Waals surface area contributed by atoms with Gasteiger partial charge >= 0.3 is 0 Å². The maximum atomic E-state index is 13.2. The average molecular weight is 408 g/mol. The van der Waals surface area contributed by atoms with E-state index in [2.05, 4.69) is 19.2 Å². The molecule has 0 aromatic carbocycles. The standard InChI is InChI=1S/C20H29N3O2S2/c1-11(2)10-23-19(25)16-12(3)13(4)26-18(16)22-20(23)27-14(5)17(24)21-15-8-6-7-9-15/h11,14-15H,6-10H2,1-5H3,(H,21,24)/t14-/m1/s1. The number of rotatable bonds is 6. The summed E-state index contributed by atoms with van der Waals surface area (Å²) < 4.78 is 1.76. The van der Waals surface area contributed by atoms with Crippen molar-refractivity contribution >= 4 is 39.2 Å². The molecule has 2 aromatic rings. The number of carbonyl (C=O) groups excluding carboxylic acids is 1. The first kappa shape index (κ1) is 20.4. The molecule has 3 rings (SSSR count). The highest BCUT2D eigenvalue weighted by molar-refractivity contribution is 8.00. The zero-order valence-electron chi connectivity index (χ0n) is 16.8. The average Bonchev–Trinajstić information content (AvgIpc) is 3.19. The summed E-state index contributed by atoms with van der Waals surface area (Å²) in [6, 6.07) is 0.302. The van der Waals surface area contributed by atoms with Crippen molar-refractivity contribution in [3.05, 3.63) is 20.8 Å². The smallest absolute Gasteiger partial charge is 0.263 e. The first-order chi connectivity index (χ1) is 12.8. The molecule has 148 valence electrons. The highest BCUT2D eigenvalue weighted by Gasteiger charge is 2.24. The molecule has 0 aliphatic heterocycles. The Morgan fingerprint density at radius 1 is 1.30 bits per heavy atom. The molecule has 5 nitrogen and oxygen atoms in total. The fourth-order valence-corrected chi connectivity index (χ4v) is 5.52. The predicted octanol–water partition coefficient (Wildman–Crippen LogP) is 4.27. The van der Waals surface area contributed by atoms with Gasteiger partial charge in [-0.1, -0.05) is 38.5 Å². The SMILES string of the molecule is Cc1sc2nc(S[C@H](C)C(=O)NC3CCCC3)n(CC(C)C)c(=O)c2c1C. The van der Waals surface area contributed by atoms with Crippen molar-refractivity contribution < 1.29 is 4.79 Å². The molecular weight excluding hydrogens is 378 g/mol. The van der Waals surface area contributed by atoms with E-state index in [0.717, 1.165) is 33.5 Å². The van der Waals surface area contributed by atoms with E-state index in [-0.39, 0.29) is 16.7 Å². The molecule has 1 saturated carbocycles. The Kier molecular flexibility index (Phi) is 6.31. The van der Waals surface area contributed by atoms with E-state index in [1.807, 2.05) is 20.8 Å². The molecule has 1 atom stereocenters. The molecular formula is C20H29N3O2S2. The third-order valence-electron chi connectivity index (χ3n) is 5.15. The molecule has 0 unspecified atom stereocenters. The maximum Gasteiger partial charge on any atom is 0.263 e. The number of amides is 1. The normalized spacial score (nSPS) is 16.4. The van der Waals surface area contributed by atoms with Crippen LogP contribution in [0.3, 0.4) is 0 Å². The molecule has 1 N–H and O–H groups in total. The number of thiophene rings is 1. The predicted molar refractivity (Wildman–Crippen MR) is 114 cm³/mol. The number of hydrogen-bond donors (Lipinski definition) is 1. The Labute approximate surface area is 169 Å². The lowest BCUT2D eigenvalue weighted by atomic mass is 10.2. The van der Waals surface area contributed by atoms with Crippen LogP contribution in [0.2, 0.25) is 0 Å². The van der Waals surface area contributed by atoms with E-state index < -0.39 is 0 Å². The zero-order valence-corrected chi connectivity index (χ0v) is 18.4. The summed E-state index contributed by atoms with van der Waals surface area (Å²) in [6.07, 6.45) is 4.52. The number of aromatic nitrogens is 2. The summed E-state index contributed by atoms with van der Waals surface area (Å²) in [4.78, 5) is 32.5. The fraction of sp³-hybridized carbons (Fsp3) is 0.650. The minimum Gasteiger partial charge on any atom is -0.352 e. The lowest BCUT2D eigenvalue weighted by Gasteiger charge is -2.19. The van der Waals surface area contributed by atoms with Crippen LogP contribution in [-0.4, -0.2) is 26.8 Å². The van der Waals surface area contributed by atoms with Crippen LogP contribution < -0.4 is 10.9 Å². The Hall–Kier alpha value is -1.34. The van der Waals surface area contributed by atoms with E-state index in [0.29, 0.717) is 23.7 Å². The topological polar surface area (TPSA) is 64.0 Å². The summed E-state index contributed by atoms with van der Waals surface area (Å²) in [6.45, 7) is 10.7. The number of hydrogen-bond acceptors (Lipinski definition) is 5. The molecule has 27 heavy (non-hydrogen) atoms. The molecule has 0 spiro atoms. The van der Waals surface area contributed by atoms with Gasteiger partial charge in [-0.2, -0.15) is 0 Å². The second-order valence-corrected chi connectivity index (χ2v) is 10.4. The van der Waals surface area contributed by atoms with Crippen LogP contribution in [-0.2, 0) is 11.3 Å². The number of fused-ring (bicyclic) bond motifs is 1. The second-order valence-electron chi connectivity index (χ2n) is 7.92. The summed E-state index contributed by atoms with van der Waals surface area (Å²) >= 11 is 2.95. The van der Waals surface area contributed by atoms with Gasteiger partial charge in [0, 0.05) is 17.5 Å². The van der Waals surface area contributed by atoms with Gasteiger partial charge < -0.3 is 5.32 Å². The van der Waals surface area contributed by atoms with Gasteiger partial charge in [-0.15, -0.1) is 11.3 Å². The number of aryl methyl sites for hydroxylation is 2. The van der Waals surface area contributed by atoms with E-state index in [1.54, 1.807) is 15.9 Å². The van der Waals surface area contributed by atoms with Crippen molar-refractivity contribution in [2.24, 2.45) is 5.92 Å². The van der Waals surface area contributed by atoms with Crippen molar-refractivity contribution in [3.63, 3.8) is 0 Å². The first-order valence-corrected chi connectivity index (χ1v) is 11.4. The monoisotopic (exact) mass is 407 g/mol. The lowest BCUT2D eigenvalue weighted by molar-refractivity contribution is -0.120. The Balaban J connectivity index is 1.91. The fourth-order valence-electron chi connectivity index (χ4n) is 3.53. The molecule has 1 fully saturated rings. The van der Waals surface area contributed by atoms with Gasteiger partial charge in [0.25, 0.3) is 5.56 Å². The number of nitrogens with one attached hydrogen (secondary N) is 1. The third kappa shape index (κ3) is 4.40. The number of nitrogens with zero attached hydrogens (tertiary/aromatic N) is 2. The van der Waals surface area contributed by atoms with Gasteiger partial charge in [0.15, 0.2) is 5.16 Å². The van der Waals surface area contributed by atoms with Crippen molar-refractivity contribution in [1.82, 2.24) is 14.9 Å². The van der Waals surface area contributed by atoms with E-state index in [4.69, 9.17) is 4.98 Å². The molecule has 7 heteroatoms. The van der Waals surface area contributed by atoms with Crippen LogP contribution in [0, 0.1) is 19.8 Å². The Morgan fingerprint density at radius 3 is 2.59 bits per heavy atom. The van der Waals surface area contributed by atoms with Crippen LogP contribution in [0.1, 0.15) is 56.9 Å². The second kappa shape index (κ2) is 8.35. The molecule has 0 saturated heterocycles. The van der Waals surface area contributed by atoms with Crippen LogP contribution in [0.25, 0.3) is 10.2 Å². The zero-order chi connectivity index (χ0) is 19.7. The largest absolute Gasteiger partial charge is 0.352 e. The molecule has 1 aliphatic carbocycles. The minimum atomic E-state index is -0.282. The Bertz CT molecular complexity index is 895. The molecule has 0 radical (unpaired) electrons. The minimum absolute atomic E-state index is 0.0152. The van der Waals surface area contributed by atoms with Gasteiger partial charge in [0.1, 0.15) is 4.83 Å². The number of carbonyl (C=O) groups is 1. The molecule has 1 aliphatic rings. The summed E-state index contributed by atoms with van der Waals surface area (Å²) in [5.74, 6) is 0.361. The summed E-state index contributed by atoms with van der Waals surface area (Å²) in [5.41, 5.74) is 1.04. The molecule has 0 bridgehead atoms. The van der Waals surface area contributed by atoms with Gasteiger partial charge in [-0.25, -0.2) is 4.98 Å². The molecule has 2 heterocycles. The highest BCUT2D eigenvalue weighted by atomic mass is 32.2. The third-order valence-corrected chi connectivity index (χ3v) is 7.35. The van der Waals surface area contributed by atoms with Crippen molar-refractivity contribution in [2.45, 2.75) is 83.3 Å². The number of thioether (sulfide) groups is 1. The van der Waals surface area contributed by atoms with E-state index in [1.165, 1.54) is 24.6 Å². The van der Waals surface area contributed by atoms with Crippen molar-refractivity contribution in [2.75, 3.05) is 0 Å². The van der Waals surface area contributed by atoms with Crippen molar-refractivity contribution in [3.8, 4) is 0 Å². The van der Waals surface area contributed by atoms with Gasteiger partial charge in [0.05, 0.1) is 10.6 Å². The first-order valence-electron chi connectivity index (χ1n) is 9.75. The van der Waals surface area contributed by atoms with E-state index in [9.17, 15) is 9.59 Å². The molecule has 2 aromatic heterocycles. The lowest BCUT2D eigenvalue weighted by Crippen LogP contribution is -2.38. The highest BCUT2D eigenvalue weighted by Crippen LogP contribution is 2.30. The van der Waals surface area contributed by atoms with Crippen LogP contribution in [0.15, 0.2) is 9.95 Å². The van der Waals surface area contributed by atoms with Crippen LogP contribution in [0.4, 0.5) is 0 Å². The van der Waals surface area contributed by atoms with Crippen LogP contribution >= 0.6 is 23.1 Å².